The van der Waals surface area contributed by atoms with E-state index in [1.807, 2.05) is 83.3 Å². The lowest BCUT2D eigenvalue weighted by atomic mass is 10.0. The Kier molecular flexibility index (Phi) is 3.78. The van der Waals surface area contributed by atoms with E-state index in [2.05, 4.69) is 28.1 Å². The third kappa shape index (κ3) is 2.55. The molecule has 0 N–H and O–H groups in total. The zero-order valence-corrected chi connectivity index (χ0v) is 18.8. The van der Waals surface area contributed by atoms with Crippen molar-refractivity contribution in [2.24, 2.45) is 0 Å². The van der Waals surface area contributed by atoms with Crippen LogP contribution < -0.4 is 5.56 Å². The molecular formula is C27H15BrN4O. The van der Waals surface area contributed by atoms with E-state index >= 15 is 0 Å². The van der Waals surface area contributed by atoms with Gasteiger partial charge in [0.05, 0.1) is 27.5 Å². The zero-order valence-electron chi connectivity index (χ0n) is 17.2. The van der Waals surface area contributed by atoms with Crippen LogP contribution in [0.3, 0.4) is 0 Å². The second kappa shape index (κ2) is 6.73. The van der Waals surface area contributed by atoms with Gasteiger partial charge < -0.3 is 0 Å². The van der Waals surface area contributed by atoms with Crippen LogP contribution in [0.2, 0.25) is 0 Å². The molecule has 156 valence electrons. The number of aromatic nitrogens is 4. The van der Waals surface area contributed by atoms with Crippen LogP contribution >= 0.6 is 15.9 Å². The van der Waals surface area contributed by atoms with Crippen LogP contribution in [0, 0.1) is 0 Å². The number of imidazole rings is 1. The Morgan fingerprint density at radius 3 is 2.24 bits per heavy atom. The Balaban J connectivity index is 1.75. The summed E-state index contributed by atoms with van der Waals surface area (Å²) in [6.45, 7) is 0. The highest BCUT2D eigenvalue weighted by atomic mass is 79.9. The minimum absolute atomic E-state index is 0.114. The van der Waals surface area contributed by atoms with Gasteiger partial charge >= 0.3 is 0 Å². The monoisotopic (exact) mass is 490 g/mol. The molecule has 7 aromatic rings. The summed E-state index contributed by atoms with van der Waals surface area (Å²) in [5.41, 5.74) is 5.95. The average molecular weight is 491 g/mol. The van der Waals surface area contributed by atoms with Gasteiger partial charge in [0.2, 0.25) is 5.78 Å². The number of halogens is 1. The lowest BCUT2D eigenvalue weighted by Crippen LogP contribution is -2.19. The molecule has 0 aliphatic rings. The summed E-state index contributed by atoms with van der Waals surface area (Å²) in [4.78, 5) is 23.9. The third-order valence-electron chi connectivity index (χ3n) is 6.16. The first-order valence-corrected chi connectivity index (χ1v) is 11.4. The molecule has 0 saturated heterocycles. The van der Waals surface area contributed by atoms with Gasteiger partial charge in [0.25, 0.3) is 5.56 Å². The average Bonchev–Trinajstić information content (AvgIpc) is 3.24. The molecule has 0 atom stereocenters. The lowest BCUT2D eigenvalue weighted by molar-refractivity contribution is 1.05. The topological polar surface area (TPSA) is 51.7 Å². The van der Waals surface area contributed by atoms with Crippen LogP contribution in [0.25, 0.3) is 55.4 Å². The smallest absolute Gasteiger partial charge is 0.268 e. The molecule has 4 aromatic carbocycles. The van der Waals surface area contributed by atoms with Crippen LogP contribution in [0.1, 0.15) is 0 Å². The lowest BCUT2D eigenvalue weighted by Gasteiger charge is -2.12. The van der Waals surface area contributed by atoms with Gasteiger partial charge in [-0.15, -0.1) is 0 Å². The molecule has 6 heteroatoms. The van der Waals surface area contributed by atoms with Gasteiger partial charge in [-0.1, -0.05) is 54.6 Å². The van der Waals surface area contributed by atoms with Crippen LogP contribution in [0.5, 0.6) is 0 Å². The van der Waals surface area contributed by atoms with E-state index in [4.69, 9.17) is 9.97 Å². The van der Waals surface area contributed by atoms with E-state index in [0.717, 1.165) is 43.2 Å². The maximum absolute atomic E-state index is 13.9. The molecule has 0 radical (unpaired) electrons. The van der Waals surface area contributed by atoms with Crippen LogP contribution in [0.4, 0.5) is 0 Å². The summed E-state index contributed by atoms with van der Waals surface area (Å²) in [6, 6.07) is 29.9. The van der Waals surface area contributed by atoms with Crippen molar-refractivity contribution in [1.29, 1.82) is 0 Å². The van der Waals surface area contributed by atoms with Gasteiger partial charge in [-0.25, -0.2) is 14.4 Å². The van der Waals surface area contributed by atoms with Gasteiger partial charge in [-0.3, -0.25) is 9.20 Å². The number of rotatable bonds is 1. The fourth-order valence-electron chi connectivity index (χ4n) is 4.68. The van der Waals surface area contributed by atoms with Crippen LogP contribution in [0.15, 0.2) is 100 Å². The predicted molar refractivity (Wildman–Crippen MR) is 136 cm³/mol. The SMILES string of the molecule is O=c1c2c(Br)cc(-c3ccccc3)cc2nc2n1c1ccccc1c1nc3ccccc3n12. The highest BCUT2D eigenvalue weighted by molar-refractivity contribution is 9.10. The van der Waals surface area contributed by atoms with E-state index in [0.29, 0.717) is 16.7 Å². The van der Waals surface area contributed by atoms with Gasteiger partial charge in [-0.05, 0) is 63.5 Å². The van der Waals surface area contributed by atoms with Crippen molar-refractivity contribution in [1.82, 2.24) is 18.8 Å². The van der Waals surface area contributed by atoms with Crippen molar-refractivity contribution in [2.75, 3.05) is 0 Å². The van der Waals surface area contributed by atoms with E-state index in [1.165, 1.54) is 0 Å². The summed E-state index contributed by atoms with van der Waals surface area (Å²) < 4.78 is 4.42. The maximum Gasteiger partial charge on any atom is 0.268 e. The minimum Gasteiger partial charge on any atom is -0.268 e. The Bertz CT molecular complexity index is 1960. The van der Waals surface area contributed by atoms with Gasteiger partial charge in [0, 0.05) is 9.86 Å². The van der Waals surface area contributed by atoms with Crippen molar-refractivity contribution in [3.63, 3.8) is 0 Å². The molecule has 3 aromatic heterocycles. The highest BCUT2D eigenvalue weighted by Crippen LogP contribution is 2.31. The number of nitrogens with zero attached hydrogens (tertiary/aromatic N) is 4. The maximum atomic E-state index is 13.9. The molecule has 3 heterocycles. The summed E-state index contributed by atoms with van der Waals surface area (Å²) in [5, 5.41) is 1.46. The predicted octanol–water partition coefficient (Wildman–Crippen LogP) is 6.23. The third-order valence-corrected chi connectivity index (χ3v) is 6.79. The number of hydrogen-bond acceptors (Lipinski definition) is 3. The molecular weight excluding hydrogens is 476 g/mol. The number of hydrogen-bond donors (Lipinski definition) is 0. The molecule has 0 bridgehead atoms. The van der Waals surface area contributed by atoms with E-state index in [9.17, 15) is 4.79 Å². The molecule has 5 nitrogen and oxygen atoms in total. The Morgan fingerprint density at radius 2 is 1.39 bits per heavy atom. The van der Waals surface area contributed by atoms with E-state index < -0.39 is 0 Å². The van der Waals surface area contributed by atoms with Gasteiger partial charge in [0.15, 0.2) is 0 Å². The normalized spacial score (nSPS) is 11.9. The summed E-state index contributed by atoms with van der Waals surface area (Å²) in [7, 11) is 0. The van der Waals surface area contributed by atoms with Gasteiger partial charge in [0.1, 0.15) is 5.65 Å². The molecule has 0 aliphatic heterocycles. The first-order valence-electron chi connectivity index (χ1n) is 10.6. The number of fused-ring (bicyclic) bond motifs is 9. The molecule has 33 heavy (non-hydrogen) atoms. The Labute approximate surface area is 195 Å². The second-order valence-electron chi connectivity index (χ2n) is 8.05. The summed E-state index contributed by atoms with van der Waals surface area (Å²) in [5.74, 6) is 0.548. The fraction of sp³-hybridized carbons (Fsp3) is 0. The van der Waals surface area contributed by atoms with E-state index in [1.54, 1.807) is 4.40 Å². The Hall–Kier alpha value is -4.03. The molecule has 0 amide bonds. The van der Waals surface area contributed by atoms with Crippen molar-refractivity contribution < 1.29 is 0 Å². The fourth-order valence-corrected chi connectivity index (χ4v) is 5.30. The standard InChI is InChI=1S/C27H15BrN4O/c28-19-14-17(16-8-2-1-3-9-16)15-21-24(19)26(33)32-22-12-6-4-10-18(22)25-29-20-11-5-7-13-23(20)31(25)27(32)30-21/h1-15H. The zero-order chi connectivity index (χ0) is 22.1. The highest BCUT2D eigenvalue weighted by Gasteiger charge is 2.18. The largest absolute Gasteiger partial charge is 0.268 e. The second-order valence-corrected chi connectivity index (χ2v) is 8.90. The quantitative estimate of drug-likeness (QED) is 0.202. The van der Waals surface area contributed by atoms with Crippen molar-refractivity contribution in [3.05, 3.63) is 106 Å². The molecule has 0 aliphatic carbocycles. The molecule has 0 saturated carbocycles. The van der Waals surface area contributed by atoms with Crippen molar-refractivity contribution >= 4 is 60.2 Å². The van der Waals surface area contributed by atoms with Gasteiger partial charge in [-0.2, -0.15) is 0 Å². The van der Waals surface area contributed by atoms with Crippen molar-refractivity contribution in [3.8, 4) is 11.1 Å². The Morgan fingerprint density at radius 1 is 0.667 bits per heavy atom. The van der Waals surface area contributed by atoms with E-state index in [-0.39, 0.29) is 5.56 Å². The molecule has 0 unspecified atom stereocenters. The summed E-state index contributed by atoms with van der Waals surface area (Å²) in [6.07, 6.45) is 0. The molecule has 0 fully saturated rings. The number of para-hydroxylation sites is 3. The minimum atomic E-state index is -0.114. The summed E-state index contributed by atoms with van der Waals surface area (Å²) >= 11 is 3.66. The van der Waals surface area contributed by atoms with Crippen molar-refractivity contribution in [2.45, 2.75) is 0 Å². The molecule has 0 spiro atoms. The molecule has 7 rings (SSSR count). The number of benzene rings is 4. The van der Waals surface area contributed by atoms with Crippen LogP contribution in [-0.2, 0) is 0 Å². The van der Waals surface area contributed by atoms with Crippen LogP contribution in [-0.4, -0.2) is 18.8 Å². The first-order chi connectivity index (χ1) is 16.2. The first kappa shape index (κ1) is 18.5.